The summed E-state index contributed by atoms with van der Waals surface area (Å²) in [5.74, 6) is -0.424. The van der Waals surface area contributed by atoms with Crippen LogP contribution in [0.5, 0.6) is 0 Å². The molecule has 1 atom stereocenters. The van der Waals surface area contributed by atoms with Gasteiger partial charge >= 0.3 is 0 Å². The zero-order valence-corrected chi connectivity index (χ0v) is 15.2. The molecule has 0 aliphatic heterocycles. The molecule has 0 saturated heterocycles. The lowest BCUT2D eigenvalue weighted by molar-refractivity contribution is 0.101. The number of anilines is 1. The van der Waals surface area contributed by atoms with E-state index in [9.17, 15) is 13.2 Å². The Morgan fingerprint density at radius 1 is 1.43 bits per heavy atom. The molecule has 0 aliphatic carbocycles. The fraction of sp³-hybridized carbons (Fsp3) is 0.286. The zero-order valence-electron chi connectivity index (χ0n) is 12.8. The van der Waals surface area contributed by atoms with E-state index in [0.29, 0.717) is 11.3 Å². The molecule has 0 aliphatic rings. The Labute approximate surface area is 142 Å². The maximum atomic E-state index is 12.4. The first-order valence-electron chi connectivity index (χ1n) is 6.66. The smallest absolute Gasteiger partial charge is 0.274 e. The number of aromatic amines is 1. The van der Waals surface area contributed by atoms with E-state index in [-0.39, 0.29) is 5.69 Å². The molecule has 9 heteroatoms. The van der Waals surface area contributed by atoms with Gasteiger partial charge in [-0.3, -0.25) is 14.1 Å². The maximum absolute atomic E-state index is 12.4. The number of amides is 1. The van der Waals surface area contributed by atoms with Crippen molar-refractivity contribution in [1.29, 1.82) is 0 Å². The molecule has 1 unspecified atom stereocenters. The van der Waals surface area contributed by atoms with E-state index < -0.39 is 22.1 Å². The Morgan fingerprint density at radius 2 is 2.13 bits per heavy atom. The number of hydrogen-bond donors (Lipinski definition) is 2. The van der Waals surface area contributed by atoms with Crippen LogP contribution in [0.2, 0.25) is 0 Å². The molecule has 2 rings (SSSR count). The second kappa shape index (κ2) is 6.81. The predicted molar refractivity (Wildman–Crippen MR) is 89.8 cm³/mol. The predicted octanol–water partition coefficient (Wildman–Crippen LogP) is 2.77. The summed E-state index contributed by atoms with van der Waals surface area (Å²) in [5, 5.41) is 9.14. The molecule has 0 radical (unpaired) electrons. The molecule has 2 N–H and O–H groups in total. The number of rotatable bonds is 5. The highest BCUT2D eigenvalue weighted by Crippen LogP contribution is 2.24. The minimum atomic E-state index is -3.64. The van der Waals surface area contributed by atoms with E-state index in [1.54, 1.807) is 6.07 Å². The Hall–Kier alpha value is -1.71. The second-order valence-corrected chi connectivity index (χ2v) is 7.57. The number of nitrogens with one attached hydrogen (secondary N) is 2. The first-order chi connectivity index (χ1) is 10.7. The minimum absolute atomic E-state index is 0.156. The first-order valence-corrected chi connectivity index (χ1v) is 9.27. The average molecular weight is 402 g/mol. The molecule has 23 heavy (non-hydrogen) atoms. The lowest BCUT2D eigenvalue weighted by Gasteiger charge is -2.12. The molecule has 0 bridgehead atoms. The van der Waals surface area contributed by atoms with Gasteiger partial charge in [0.1, 0.15) is 11.8 Å². The molecule has 1 amide bonds. The lowest BCUT2D eigenvalue weighted by Crippen LogP contribution is -2.17. The summed E-state index contributed by atoms with van der Waals surface area (Å²) in [6, 6.07) is 5.45. The summed E-state index contributed by atoms with van der Waals surface area (Å²) < 4.78 is 28.3. The zero-order chi connectivity index (χ0) is 17.2. The normalized spacial score (nSPS) is 12.9. The highest BCUT2D eigenvalue weighted by molar-refractivity contribution is 9.10. The van der Waals surface area contributed by atoms with Crippen LogP contribution in [0.3, 0.4) is 0 Å². The Balaban J connectivity index is 2.22. The third-order valence-electron chi connectivity index (χ3n) is 3.09. The molecule has 7 nitrogen and oxygen atoms in total. The first kappa shape index (κ1) is 17.6. The van der Waals surface area contributed by atoms with Gasteiger partial charge in [-0.15, -0.1) is 0 Å². The third-order valence-corrected chi connectivity index (χ3v) is 4.22. The highest BCUT2D eigenvalue weighted by Gasteiger charge is 2.22. The molecular formula is C14H16BrN3O4S. The van der Waals surface area contributed by atoms with Crippen LogP contribution in [0.1, 0.15) is 34.6 Å². The van der Waals surface area contributed by atoms with Gasteiger partial charge in [-0.1, -0.05) is 15.9 Å². The molecule has 0 spiro atoms. The van der Waals surface area contributed by atoms with Crippen LogP contribution in [0.15, 0.2) is 28.9 Å². The summed E-state index contributed by atoms with van der Waals surface area (Å²) >= 11 is 3.36. The van der Waals surface area contributed by atoms with Crippen LogP contribution in [0.4, 0.5) is 5.69 Å². The number of carbonyl (C=O) groups excluding carboxylic acids is 1. The lowest BCUT2D eigenvalue weighted by atomic mass is 10.1. The number of hydrogen-bond acceptors (Lipinski definition) is 5. The summed E-state index contributed by atoms with van der Waals surface area (Å²) in [5.41, 5.74) is 2.05. The van der Waals surface area contributed by atoms with Gasteiger partial charge in [0.15, 0.2) is 0 Å². The summed E-state index contributed by atoms with van der Waals surface area (Å²) in [6.07, 6.45) is 1.50. The van der Waals surface area contributed by atoms with E-state index in [2.05, 4.69) is 31.4 Å². The fourth-order valence-electron chi connectivity index (χ4n) is 2.05. The third kappa shape index (κ3) is 4.63. The van der Waals surface area contributed by atoms with E-state index in [1.165, 1.54) is 13.1 Å². The Bertz CT molecular complexity index is 832. The monoisotopic (exact) mass is 401 g/mol. The quantitative estimate of drug-likeness (QED) is 0.749. The van der Waals surface area contributed by atoms with Crippen LogP contribution in [-0.2, 0) is 14.3 Å². The number of H-pyrrole nitrogens is 1. The minimum Gasteiger partial charge on any atom is -0.320 e. The molecule has 1 heterocycles. The highest BCUT2D eigenvalue weighted by atomic mass is 79.9. The van der Waals surface area contributed by atoms with E-state index in [0.717, 1.165) is 16.3 Å². The maximum Gasteiger partial charge on any atom is 0.274 e. The van der Waals surface area contributed by atoms with Crippen molar-refractivity contribution in [1.82, 2.24) is 10.2 Å². The van der Waals surface area contributed by atoms with Crippen molar-refractivity contribution in [2.45, 2.75) is 20.0 Å². The summed E-state index contributed by atoms with van der Waals surface area (Å²) in [4.78, 5) is 12.4. The number of nitrogens with zero attached hydrogens (tertiary/aromatic N) is 1. The molecule has 0 saturated carbocycles. The number of aryl methyl sites for hydroxylation is 1. The van der Waals surface area contributed by atoms with E-state index in [4.69, 9.17) is 4.18 Å². The van der Waals surface area contributed by atoms with Gasteiger partial charge in [-0.25, -0.2) is 0 Å². The Kier molecular flexibility index (Phi) is 5.23. The van der Waals surface area contributed by atoms with Crippen molar-refractivity contribution < 1.29 is 17.4 Å². The van der Waals surface area contributed by atoms with Crippen molar-refractivity contribution in [2.24, 2.45) is 0 Å². The number of benzene rings is 1. The number of aromatic nitrogens is 2. The molecule has 124 valence electrons. The van der Waals surface area contributed by atoms with E-state index in [1.807, 2.05) is 19.1 Å². The molecule has 1 aromatic carbocycles. The van der Waals surface area contributed by atoms with Gasteiger partial charge < -0.3 is 5.32 Å². The van der Waals surface area contributed by atoms with Crippen LogP contribution in [0.25, 0.3) is 0 Å². The van der Waals surface area contributed by atoms with Crippen LogP contribution in [0, 0.1) is 6.92 Å². The van der Waals surface area contributed by atoms with E-state index >= 15 is 0 Å². The topological polar surface area (TPSA) is 101 Å². The number of halogens is 1. The van der Waals surface area contributed by atoms with Gasteiger partial charge in [0.05, 0.1) is 12.5 Å². The van der Waals surface area contributed by atoms with Gasteiger partial charge in [-0.2, -0.15) is 13.5 Å². The van der Waals surface area contributed by atoms with Gasteiger partial charge in [0, 0.05) is 15.7 Å². The molecular weight excluding hydrogens is 386 g/mol. The van der Waals surface area contributed by atoms with Crippen molar-refractivity contribution >= 4 is 37.6 Å². The molecule has 0 fully saturated rings. The average Bonchev–Trinajstić information content (AvgIpc) is 2.89. The van der Waals surface area contributed by atoms with Crippen LogP contribution < -0.4 is 5.32 Å². The van der Waals surface area contributed by atoms with Crippen LogP contribution >= 0.6 is 15.9 Å². The van der Waals surface area contributed by atoms with Gasteiger partial charge in [-0.05, 0) is 37.6 Å². The second-order valence-electron chi connectivity index (χ2n) is 5.06. The van der Waals surface area contributed by atoms with Gasteiger partial charge in [0.2, 0.25) is 0 Å². The standard InChI is InChI=1S/C14H16BrN3O4S/c1-8-6-10(15)4-5-12(8)17-14(19)13-11(7-16-18-13)9(2)22-23(3,20)21/h4-7,9H,1-3H3,(H,16,18)(H,17,19). The Morgan fingerprint density at radius 3 is 2.74 bits per heavy atom. The SMILES string of the molecule is Cc1cc(Br)ccc1NC(=O)c1[nH]ncc1C(C)OS(C)(=O)=O. The van der Waals surface area contributed by atoms with Crippen molar-refractivity contribution in [3.63, 3.8) is 0 Å². The van der Waals surface area contributed by atoms with Crippen molar-refractivity contribution in [2.75, 3.05) is 11.6 Å². The molecule has 1 aromatic heterocycles. The van der Waals surface area contributed by atoms with Crippen molar-refractivity contribution in [3.05, 3.63) is 45.7 Å². The largest absolute Gasteiger partial charge is 0.320 e. The fourth-order valence-corrected chi connectivity index (χ4v) is 3.16. The summed E-state index contributed by atoms with van der Waals surface area (Å²) in [7, 11) is -3.64. The summed E-state index contributed by atoms with van der Waals surface area (Å²) in [6.45, 7) is 3.40. The van der Waals surface area contributed by atoms with Crippen molar-refractivity contribution in [3.8, 4) is 0 Å². The molecule has 2 aromatic rings. The van der Waals surface area contributed by atoms with Crippen LogP contribution in [-0.4, -0.2) is 30.8 Å². The van der Waals surface area contributed by atoms with Gasteiger partial charge in [0.25, 0.3) is 16.0 Å². The number of carbonyl (C=O) groups is 1.